The lowest BCUT2D eigenvalue weighted by molar-refractivity contribution is -0.137. The topological polar surface area (TPSA) is 57.2 Å². The number of hydrogen-bond acceptors (Lipinski definition) is 1. The van der Waals surface area contributed by atoms with Crippen LogP contribution in [0.25, 0.3) is 0 Å². The lowest BCUT2D eigenvalue weighted by Crippen LogP contribution is -2.09. The molecule has 6 heteroatoms. The van der Waals surface area contributed by atoms with Gasteiger partial charge in [-0.2, -0.15) is 13.2 Å². The summed E-state index contributed by atoms with van der Waals surface area (Å²) >= 11 is 0. The van der Waals surface area contributed by atoms with E-state index in [1.54, 1.807) is 0 Å². The number of carbonyl (C=O) groups is 1. The first-order valence-electron chi connectivity index (χ1n) is 3.87. The summed E-state index contributed by atoms with van der Waals surface area (Å²) in [5.41, 5.74) is -1.83. The zero-order chi connectivity index (χ0) is 11.6. The molecule has 0 bridgehead atoms. The maximum Gasteiger partial charge on any atom is 0.416 e. The lowest BCUT2D eigenvalue weighted by atomic mass is 10.0. The van der Waals surface area contributed by atoms with Gasteiger partial charge in [0.25, 0.3) is 0 Å². The first kappa shape index (κ1) is 11.5. The fourth-order valence-electron chi connectivity index (χ4n) is 1.08. The molecule has 3 nitrogen and oxygen atoms in total. The van der Waals surface area contributed by atoms with Crippen molar-refractivity contribution in [2.24, 2.45) is 0 Å². The Morgan fingerprint density at radius 1 is 1.33 bits per heavy atom. The maximum atomic E-state index is 12.2. The van der Waals surface area contributed by atoms with Crippen molar-refractivity contribution in [3.05, 3.63) is 34.9 Å². The third kappa shape index (κ3) is 2.47. The maximum absolute atomic E-state index is 12.2. The van der Waals surface area contributed by atoms with Crippen molar-refractivity contribution in [2.75, 3.05) is 0 Å². The highest BCUT2D eigenvalue weighted by atomic mass is 19.4. The van der Waals surface area contributed by atoms with Crippen molar-refractivity contribution in [1.82, 2.24) is 0 Å². The molecule has 0 amide bonds. The van der Waals surface area contributed by atoms with E-state index in [-0.39, 0.29) is 5.56 Å². The monoisotopic (exact) mass is 219 g/mol. The summed E-state index contributed by atoms with van der Waals surface area (Å²) in [4.78, 5) is 10.6. The van der Waals surface area contributed by atoms with Gasteiger partial charge in [-0.25, -0.2) is 9.90 Å². The minimum Gasteiger partial charge on any atom is -0.478 e. The normalized spacial score (nSPS) is 11.5. The highest BCUT2D eigenvalue weighted by molar-refractivity contribution is 5.89. The molecule has 0 heterocycles. The Morgan fingerprint density at radius 3 is 2.33 bits per heavy atom. The third-order valence-electron chi connectivity index (χ3n) is 1.82. The molecule has 0 spiro atoms. The van der Waals surface area contributed by atoms with Gasteiger partial charge in [0, 0.05) is 0 Å². The quantitative estimate of drug-likeness (QED) is 0.829. The fourth-order valence-corrected chi connectivity index (χ4v) is 1.08. The number of carboxylic acids is 1. The summed E-state index contributed by atoms with van der Waals surface area (Å²) < 4.78 is 36.6. The van der Waals surface area contributed by atoms with E-state index in [1.165, 1.54) is 0 Å². The van der Waals surface area contributed by atoms with E-state index in [0.717, 1.165) is 6.07 Å². The Morgan fingerprint density at radius 2 is 1.93 bits per heavy atom. The van der Waals surface area contributed by atoms with Gasteiger partial charge in [-0.05, 0) is 17.7 Å². The van der Waals surface area contributed by atoms with E-state index in [4.69, 9.17) is 5.11 Å². The molecule has 0 aromatic heterocycles. The largest absolute Gasteiger partial charge is 0.478 e. The number of halogens is 3. The smallest absolute Gasteiger partial charge is 0.416 e. The number of hydrogen-bond donors (Lipinski definition) is 1. The molecule has 0 atom stereocenters. The molecule has 0 fully saturated rings. The zero-order valence-corrected chi connectivity index (χ0v) is 7.34. The van der Waals surface area contributed by atoms with Gasteiger partial charge in [-0.3, -0.25) is 0 Å². The van der Waals surface area contributed by atoms with Gasteiger partial charge in [-0.1, -0.05) is 6.07 Å². The van der Waals surface area contributed by atoms with Crippen molar-refractivity contribution >= 4 is 5.97 Å². The SMILES string of the molecule is [O]Cc1ccc(C(F)(F)F)cc1C(=O)O. The van der Waals surface area contributed by atoms with Gasteiger partial charge in [-0.15, -0.1) is 0 Å². The predicted octanol–water partition coefficient (Wildman–Crippen LogP) is 2.33. The second-order valence-corrected chi connectivity index (χ2v) is 2.82. The van der Waals surface area contributed by atoms with E-state index in [0.29, 0.717) is 12.1 Å². The van der Waals surface area contributed by atoms with Crippen LogP contribution in [0.1, 0.15) is 21.5 Å². The number of benzene rings is 1. The van der Waals surface area contributed by atoms with Crippen LogP contribution in [-0.4, -0.2) is 11.1 Å². The van der Waals surface area contributed by atoms with Crippen molar-refractivity contribution < 1.29 is 28.2 Å². The molecule has 1 N–H and O–H groups in total. The summed E-state index contributed by atoms with van der Waals surface area (Å²) in [5.74, 6) is -1.54. The molecule has 1 radical (unpaired) electrons. The molecular weight excluding hydrogens is 213 g/mol. The summed E-state index contributed by atoms with van der Waals surface area (Å²) in [7, 11) is 0. The molecule has 0 aliphatic heterocycles. The molecule has 1 aromatic carbocycles. The van der Waals surface area contributed by atoms with E-state index < -0.39 is 29.9 Å². The van der Waals surface area contributed by atoms with E-state index in [1.807, 2.05) is 0 Å². The van der Waals surface area contributed by atoms with E-state index in [2.05, 4.69) is 0 Å². The average molecular weight is 219 g/mol. The Kier molecular flexibility index (Phi) is 2.99. The molecule has 0 aliphatic carbocycles. The fraction of sp³-hybridized carbons (Fsp3) is 0.222. The predicted molar refractivity (Wildman–Crippen MR) is 42.8 cm³/mol. The summed E-state index contributed by atoms with van der Waals surface area (Å²) in [6.07, 6.45) is -4.61. The Hall–Kier alpha value is -1.56. The molecule has 0 unspecified atom stereocenters. The van der Waals surface area contributed by atoms with Gasteiger partial charge in [0.1, 0.15) is 6.61 Å². The summed E-state index contributed by atoms with van der Waals surface area (Å²) in [6.45, 7) is -0.861. The van der Waals surface area contributed by atoms with Crippen LogP contribution in [0, 0.1) is 0 Å². The van der Waals surface area contributed by atoms with Crippen molar-refractivity contribution in [3.8, 4) is 0 Å². The average Bonchev–Trinajstić information content (AvgIpc) is 2.15. The second-order valence-electron chi connectivity index (χ2n) is 2.82. The molecule has 81 valence electrons. The van der Waals surface area contributed by atoms with Crippen molar-refractivity contribution in [2.45, 2.75) is 12.8 Å². The van der Waals surface area contributed by atoms with Crippen LogP contribution in [0.3, 0.4) is 0 Å². The number of carboxylic acid groups (broad SMARTS) is 1. The Labute approximate surface area is 82.8 Å². The number of rotatable bonds is 2. The van der Waals surface area contributed by atoms with Gasteiger partial charge < -0.3 is 5.11 Å². The van der Waals surface area contributed by atoms with Gasteiger partial charge in [0.05, 0.1) is 11.1 Å². The van der Waals surface area contributed by atoms with Crippen LogP contribution in [0.4, 0.5) is 13.2 Å². The van der Waals surface area contributed by atoms with Crippen LogP contribution in [0.5, 0.6) is 0 Å². The Bertz CT molecular complexity index is 385. The molecule has 1 rings (SSSR count). The molecule has 0 saturated carbocycles. The van der Waals surface area contributed by atoms with Gasteiger partial charge in [0.2, 0.25) is 0 Å². The van der Waals surface area contributed by atoms with Gasteiger partial charge >= 0.3 is 12.1 Å². The lowest BCUT2D eigenvalue weighted by Gasteiger charge is -2.09. The standard InChI is InChI=1S/C9H6F3O3/c10-9(11,12)6-2-1-5(4-13)7(3-6)8(14)15/h1-3H,4H2,(H,14,15). The summed E-state index contributed by atoms with van der Waals surface area (Å²) in [6, 6.07) is 2.05. The van der Waals surface area contributed by atoms with Crippen molar-refractivity contribution in [1.29, 1.82) is 0 Å². The first-order chi connectivity index (χ1) is 6.86. The molecule has 1 aromatic rings. The molecular formula is C9H6F3O3. The molecule has 0 aliphatic rings. The third-order valence-corrected chi connectivity index (χ3v) is 1.82. The molecule has 0 saturated heterocycles. The Balaban J connectivity index is 3.28. The minimum absolute atomic E-state index is 0.157. The van der Waals surface area contributed by atoms with Gasteiger partial charge in [0.15, 0.2) is 0 Å². The minimum atomic E-state index is -4.61. The van der Waals surface area contributed by atoms with Crippen molar-refractivity contribution in [3.63, 3.8) is 0 Å². The zero-order valence-electron chi connectivity index (χ0n) is 7.34. The van der Waals surface area contributed by atoms with E-state index in [9.17, 15) is 23.1 Å². The number of alkyl halides is 3. The van der Waals surface area contributed by atoms with E-state index >= 15 is 0 Å². The van der Waals surface area contributed by atoms with Crippen LogP contribution < -0.4 is 0 Å². The van der Waals surface area contributed by atoms with Crippen LogP contribution >= 0.6 is 0 Å². The number of aromatic carboxylic acids is 1. The first-order valence-corrected chi connectivity index (χ1v) is 3.87. The van der Waals surface area contributed by atoms with Crippen LogP contribution in [0.15, 0.2) is 18.2 Å². The highest BCUT2D eigenvalue weighted by Gasteiger charge is 2.31. The second kappa shape index (κ2) is 3.90. The van der Waals surface area contributed by atoms with Crippen LogP contribution in [0.2, 0.25) is 0 Å². The molecule has 15 heavy (non-hydrogen) atoms. The summed E-state index contributed by atoms with van der Waals surface area (Å²) in [5, 5.41) is 19.1. The van der Waals surface area contributed by atoms with Crippen LogP contribution in [-0.2, 0) is 17.9 Å². The highest BCUT2D eigenvalue weighted by Crippen LogP contribution is 2.30.